The minimum atomic E-state index is -2.11. The van der Waals surface area contributed by atoms with Gasteiger partial charge in [-0.2, -0.15) is 0 Å². The van der Waals surface area contributed by atoms with E-state index < -0.39 is 186 Å². The molecule has 0 aromatic heterocycles. The molecule has 0 aromatic carbocycles. The molecule has 0 saturated carbocycles. The largest absolute Gasteiger partial charge is 0.394 e. The Bertz CT molecular complexity index is 1300. The Labute approximate surface area is 329 Å². The van der Waals surface area contributed by atoms with E-state index in [2.05, 4.69) is 5.32 Å². The Kier molecular flexibility index (Phi) is 16.5. The van der Waals surface area contributed by atoms with Crippen LogP contribution in [0.3, 0.4) is 0 Å². The number of hydrogen-bond acceptors (Lipinski definition) is 25. The summed E-state index contributed by atoms with van der Waals surface area (Å²) in [7, 11) is 0. The Balaban J connectivity index is 1.46. The molecule has 26 nitrogen and oxygen atoms in total. The first-order valence-corrected chi connectivity index (χ1v) is 18.5. The van der Waals surface area contributed by atoms with Gasteiger partial charge in [0.25, 0.3) is 0 Å². The van der Waals surface area contributed by atoms with Crippen molar-refractivity contribution in [2.45, 2.75) is 167 Å². The molecule has 5 fully saturated rings. The Morgan fingerprint density at radius 3 is 1.40 bits per heavy atom. The fourth-order valence-electron chi connectivity index (χ4n) is 7.37. The van der Waals surface area contributed by atoms with Crippen molar-refractivity contribution in [1.29, 1.82) is 0 Å². The summed E-state index contributed by atoms with van der Waals surface area (Å²) in [6.45, 7) is -1.34. The van der Waals surface area contributed by atoms with Crippen molar-refractivity contribution >= 4 is 5.91 Å². The summed E-state index contributed by atoms with van der Waals surface area (Å²) in [6, 6.07) is -1.71. The van der Waals surface area contributed by atoms with Crippen molar-refractivity contribution in [1.82, 2.24) is 5.32 Å². The van der Waals surface area contributed by atoms with E-state index in [0.29, 0.717) is 0 Å². The summed E-state index contributed by atoms with van der Waals surface area (Å²) >= 11 is 0. The molecule has 0 aromatic rings. The lowest BCUT2D eigenvalue weighted by molar-refractivity contribution is -0.390. The molecular weight excluding hydrogens is 798 g/mol. The van der Waals surface area contributed by atoms with Gasteiger partial charge in [0, 0.05) is 6.92 Å². The van der Waals surface area contributed by atoms with Gasteiger partial charge in [-0.15, -0.1) is 0 Å². The van der Waals surface area contributed by atoms with Gasteiger partial charge in [-0.25, -0.2) is 0 Å². The number of aliphatic hydroxyl groups excluding tert-OH is 15. The van der Waals surface area contributed by atoms with E-state index in [1.165, 1.54) is 6.92 Å². The van der Waals surface area contributed by atoms with Crippen LogP contribution >= 0.6 is 0 Å². The lowest BCUT2D eigenvalue weighted by atomic mass is 9.93. The predicted octanol–water partition coefficient (Wildman–Crippen LogP) is -10.8. The molecule has 5 saturated heterocycles. The summed E-state index contributed by atoms with van der Waals surface area (Å²) in [5.74, 6) is -0.821. The van der Waals surface area contributed by atoms with Crippen molar-refractivity contribution in [3.63, 3.8) is 0 Å². The molecular formula is C32H55NO25. The first kappa shape index (κ1) is 47.6. The summed E-state index contributed by atoms with van der Waals surface area (Å²) in [6.07, 6.45) is -43.2. The van der Waals surface area contributed by atoms with Crippen LogP contribution < -0.4 is 5.32 Å². The number of nitrogens with one attached hydrogen (secondary N) is 1. The molecule has 0 spiro atoms. The molecule has 26 heteroatoms. The average molecular weight is 854 g/mol. The van der Waals surface area contributed by atoms with Crippen molar-refractivity contribution in [3.05, 3.63) is 0 Å². The van der Waals surface area contributed by atoms with E-state index >= 15 is 0 Å². The molecule has 16 N–H and O–H groups in total. The van der Waals surface area contributed by atoms with Crippen molar-refractivity contribution in [2.75, 3.05) is 26.4 Å². The number of hydrogen-bond donors (Lipinski definition) is 16. The minimum Gasteiger partial charge on any atom is -0.394 e. The van der Waals surface area contributed by atoms with Gasteiger partial charge >= 0.3 is 0 Å². The maximum Gasteiger partial charge on any atom is 0.217 e. The Morgan fingerprint density at radius 2 is 0.845 bits per heavy atom. The molecule has 5 aliphatic heterocycles. The molecule has 338 valence electrons. The normalized spacial score (nSPS) is 51.6. The van der Waals surface area contributed by atoms with Gasteiger partial charge in [-0.1, -0.05) is 0 Å². The number of carbonyl (C=O) groups is 1. The molecule has 0 radical (unpaired) electrons. The maximum absolute atomic E-state index is 12.7. The van der Waals surface area contributed by atoms with Gasteiger partial charge in [0.05, 0.1) is 32.5 Å². The molecule has 5 rings (SSSR count). The topological polar surface area (TPSA) is 416 Å². The molecule has 58 heavy (non-hydrogen) atoms. The molecule has 1 unspecified atom stereocenters. The number of aliphatic hydroxyl groups is 15. The number of amides is 1. The third-order valence-electron chi connectivity index (χ3n) is 10.7. The van der Waals surface area contributed by atoms with E-state index in [9.17, 15) is 81.4 Å². The third kappa shape index (κ3) is 9.75. The standard InChI is InChI=1S/C32H55NO25/c1-7-14(39)16(41)21(46)30(50-7)57-26-12(6-37)53-29(13(33-8(2)38)27(26)58-31-22(47)17(42)15(40)9(3-34)52-31)55-25-11(5-36)54-32(23(48)19(25)44)56-24-10(4-35)51-28(49)20(45)18(24)43/h7,9-32,34-37,39-49H,3-6H2,1-2H3,(H,33,38)/t7-,9-,10-,11-,12-,13-,14+,15+,16+,17+,18-,19-,20-,21+,22-,23-,24-,25+,26-,27-,28?,29+,30-,31+,32+/m1/s1. The van der Waals surface area contributed by atoms with Gasteiger partial charge in [0.15, 0.2) is 31.5 Å². The lowest BCUT2D eigenvalue weighted by Crippen LogP contribution is -2.71. The molecule has 5 aliphatic rings. The first-order valence-electron chi connectivity index (χ1n) is 18.5. The summed E-state index contributed by atoms with van der Waals surface area (Å²) in [5.41, 5.74) is 0. The summed E-state index contributed by atoms with van der Waals surface area (Å²) in [4.78, 5) is 12.7. The van der Waals surface area contributed by atoms with Crippen LogP contribution in [0.15, 0.2) is 0 Å². The van der Waals surface area contributed by atoms with Crippen LogP contribution in [0.1, 0.15) is 13.8 Å². The second kappa shape index (κ2) is 20.1. The quantitative estimate of drug-likeness (QED) is 0.0818. The molecule has 1 amide bonds. The van der Waals surface area contributed by atoms with E-state index in [-0.39, 0.29) is 0 Å². The highest BCUT2D eigenvalue weighted by Gasteiger charge is 2.57. The minimum absolute atomic E-state index is 0.821. The second-order valence-corrected chi connectivity index (χ2v) is 14.7. The lowest BCUT2D eigenvalue weighted by Gasteiger charge is -2.51. The van der Waals surface area contributed by atoms with E-state index in [4.69, 9.17) is 42.6 Å². The van der Waals surface area contributed by atoms with Crippen molar-refractivity contribution in [3.8, 4) is 0 Å². The number of carbonyl (C=O) groups excluding carboxylic acids is 1. The van der Waals surface area contributed by atoms with Gasteiger partial charge in [-0.05, 0) is 6.92 Å². The van der Waals surface area contributed by atoms with Crippen LogP contribution in [-0.4, -0.2) is 262 Å². The van der Waals surface area contributed by atoms with E-state index in [1.54, 1.807) is 0 Å². The highest BCUT2D eigenvalue weighted by Crippen LogP contribution is 2.36. The zero-order valence-electron chi connectivity index (χ0n) is 31.1. The highest BCUT2D eigenvalue weighted by atomic mass is 16.8. The summed E-state index contributed by atoms with van der Waals surface area (Å²) in [5, 5.41) is 159. The smallest absolute Gasteiger partial charge is 0.217 e. The SMILES string of the molecule is CC(=O)N[C@H]1[C@H](O[C@@H]2[C@H](O)[C@@H](O)[C@H](O[C@H]3[C@H](O)[C@@H](O)C(O)O[C@@H]3CO)O[C@@H]2CO)O[C@H](CO)[C@@H](O[C@H]2O[C@H](C)[C@H](O)[C@H](O)[C@@H]2O)[C@@H]1O[C@@H]1O[C@H](CO)[C@H](O)[C@H](O)[C@H]1O. The van der Waals surface area contributed by atoms with Gasteiger partial charge in [0.2, 0.25) is 5.91 Å². The average Bonchev–Trinajstić information content (AvgIpc) is 3.20. The fourth-order valence-corrected chi connectivity index (χ4v) is 7.37. The molecule has 5 heterocycles. The van der Waals surface area contributed by atoms with Crippen LogP contribution in [0.25, 0.3) is 0 Å². The van der Waals surface area contributed by atoms with Crippen LogP contribution in [0.2, 0.25) is 0 Å². The molecule has 0 aliphatic carbocycles. The Morgan fingerprint density at radius 1 is 0.448 bits per heavy atom. The van der Waals surface area contributed by atoms with E-state index in [0.717, 1.165) is 6.92 Å². The van der Waals surface area contributed by atoms with Gasteiger partial charge in [0.1, 0.15) is 116 Å². The summed E-state index contributed by atoms with van der Waals surface area (Å²) < 4.78 is 51.4. The zero-order chi connectivity index (χ0) is 42.9. The van der Waals surface area contributed by atoms with Crippen molar-refractivity contribution < 1.29 is 124 Å². The van der Waals surface area contributed by atoms with Gasteiger partial charge in [-0.3, -0.25) is 4.79 Å². The second-order valence-electron chi connectivity index (χ2n) is 14.7. The zero-order valence-corrected chi connectivity index (χ0v) is 31.1. The predicted molar refractivity (Wildman–Crippen MR) is 177 cm³/mol. The number of rotatable bonds is 13. The monoisotopic (exact) mass is 853 g/mol. The van der Waals surface area contributed by atoms with E-state index in [1.807, 2.05) is 0 Å². The third-order valence-corrected chi connectivity index (χ3v) is 10.7. The first-order chi connectivity index (χ1) is 27.4. The molecule has 25 atom stereocenters. The van der Waals surface area contributed by atoms with Crippen LogP contribution in [-0.2, 0) is 47.4 Å². The van der Waals surface area contributed by atoms with Gasteiger partial charge < -0.3 is 125 Å². The van der Waals surface area contributed by atoms with Crippen LogP contribution in [0.4, 0.5) is 0 Å². The number of ether oxygens (including phenoxy) is 9. The fraction of sp³-hybridized carbons (Fsp3) is 0.969. The van der Waals surface area contributed by atoms with Crippen LogP contribution in [0, 0.1) is 0 Å². The van der Waals surface area contributed by atoms with Crippen molar-refractivity contribution in [2.24, 2.45) is 0 Å². The Hall–Kier alpha value is -1.49. The van der Waals surface area contributed by atoms with Crippen LogP contribution in [0.5, 0.6) is 0 Å². The highest BCUT2D eigenvalue weighted by molar-refractivity contribution is 5.73. The maximum atomic E-state index is 12.7. The molecule has 0 bridgehead atoms.